The van der Waals surface area contributed by atoms with Crippen LogP contribution in [0.1, 0.15) is 28.8 Å². The Labute approximate surface area is 103 Å². The molecular weight excluding hydrogens is 243 g/mol. The van der Waals surface area contributed by atoms with Crippen molar-refractivity contribution in [2.24, 2.45) is 5.41 Å². The molecule has 1 aliphatic rings. The molecule has 2 rings (SSSR count). The molecule has 18 heavy (non-hydrogen) atoms. The lowest BCUT2D eigenvalue weighted by Crippen LogP contribution is -2.28. The summed E-state index contributed by atoms with van der Waals surface area (Å²) in [6, 6.07) is 4.45. The van der Waals surface area contributed by atoms with E-state index in [0.717, 1.165) is 25.0 Å². The molecule has 0 bridgehead atoms. The summed E-state index contributed by atoms with van der Waals surface area (Å²) in [5, 5.41) is 2.96. The van der Waals surface area contributed by atoms with Crippen LogP contribution in [-0.4, -0.2) is 19.4 Å². The zero-order valence-corrected chi connectivity index (χ0v) is 9.97. The summed E-state index contributed by atoms with van der Waals surface area (Å²) in [5.74, 6) is -0.0643. The fourth-order valence-corrected chi connectivity index (χ4v) is 2.09. The molecule has 5 heteroatoms. The number of rotatable bonds is 4. The maximum absolute atomic E-state index is 12.4. The summed E-state index contributed by atoms with van der Waals surface area (Å²) >= 11 is 0. The first kappa shape index (κ1) is 13.1. The highest BCUT2D eigenvalue weighted by Gasteiger charge is 2.49. The molecule has 0 aromatic heterocycles. The Bertz CT molecular complexity index is 446. The number of hydrogen-bond donors (Lipinski definition) is 1. The molecule has 0 saturated heterocycles. The van der Waals surface area contributed by atoms with Crippen LogP contribution in [0.15, 0.2) is 24.3 Å². The van der Waals surface area contributed by atoms with Crippen molar-refractivity contribution in [3.8, 4) is 0 Å². The quantitative estimate of drug-likeness (QED) is 0.840. The van der Waals surface area contributed by atoms with Crippen LogP contribution in [0.3, 0.4) is 0 Å². The summed E-state index contributed by atoms with van der Waals surface area (Å²) < 4.78 is 37.2. The number of alkyl halides is 3. The van der Waals surface area contributed by atoms with Gasteiger partial charge in [-0.15, -0.1) is 0 Å². The van der Waals surface area contributed by atoms with Crippen LogP contribution in [-0.2, 0) is 6.18 Å². The van der Waals surface area contributed by atoms with Gasteiger partial charge in [0, 0.05) is 17.5 Å². The van der Waals surface area contributed by atoms with Gasteiger partial charge in [0.2, 0.25) is 0 Å². The van der Waals surface area contributed by atoms with Gasteiger partial charge in [-0.3, -0.25) is 4.79 Å². The van der Waals surface area contributed by atoms with Gasteiger partial charge in [0.05, 0.1) is 5.56 Å². The van der Waals surface area contributed by atoms with Crippen molar-refractivity contribution in [2.45, 2.75) is 19.0 Å². The zero-order valence-electron chi connectivity index (χ0n) is 9.97. The van der Waals surface area contributed by atoms with Gasteiger partial charge in [-0.05, 0) is 32.0 Å². The van der Waals surface area contributed by atoms with E-state index in [0.29, 0.717) is 12.1 Å². The normalized spacial score (nSPS) is 17.6. The molecule has 2 nitrogen and oxygen atoms in total. The maximum atomic E-state index is 12.4. The number of ketones is 1. The lowest BCUT2D eigenvalue weighted by Gasteiger charge is -2.14. The second-order valence-corrected chi connectivity index (χ2v) is 4.71. The fourth-order valence-electron chi connectivity index (χ4n) is 2.09. The van der Waals surface area contributed by atoms with Gasteiger partial charge < -0.3 is 5.32 Å². The molecule has 1 aromatic carbocycles. The molecule has 0 atom stereocenters. The molecular formula is C13H14F3NO. The molecule has 98 valence electrons. The van der Waals surface area contributed by atoms with Gasteiger partial charge in [0.25, 0.3) is 0 Å². The van der Waals surface area contributed by atoms with Gasteiger partial charge in [-0.1, -0.05) is 12.1 Å². The average molecular weight is 257 g/mol. The van der Waals surface area contributed by atoms with Gasteiger partial charge in [0.1, 0.15) is 0 Å². The molecule has 0 aliphatic heterocycles. The van der Waals surface area contributed by atoms with Crippen LogP contribution in [0.5, 0.6) is 0 Å². The van der Waals surface area contributed by atoms with Gasteiger partial charge in [-0.25, -0.2) is 0 Å². The third-order valence-corrected chi connectivity index (χ3v) is 3.32. The first-order chi connectivity index (χ1) is 8.39. The van der Waals surface area contributed by atoms with Crippen molar-refractivity contribution >= 4 is 5.78 Å². The summed E-state index contributed by atoms with van der Waals surface area (Å²) in [7, 11) is 1.76. The predicted octanol–water partition coefficient (Wildman–Crippen LogP) is 2.89. The van der Waals surface area contributed by atoms with Crippen molar-refractivity contribution < 1.29 is 18.0 Å². The van der Waals surface area contributed by atoms with Crippen LogP contribution in [0.4, 0.5) is 13.2 Å². The van der Waals surface area contributed by atoms with E-state index in [9.17, 15) is 18.0 Å². The molecule has 0 radical (unpaired) electrons. The molecule has 0 spiro atoms. The third kappa shape index (κ3) is 2.41. The van der Waals surface area contributed by atoms with Crippen molar-refractivity contribution in [3.05, 3.63) is 35.4 Å². The van der Waals surface area contributed by atoms with E-state index in [-0.39, 0.29) is 5.78 Å². The Morgan fingerprint density at radius 2 is 1.83 bits per heavy atom. The molecule has 0 heterocycles. The standard InChI is InChI=1S/C13H14F3NO/c1-17-8-12(6-7-12)11(18)9-2-4-10(5-3-9)13(14,15)16/h2-5,17H,6-8H2,1H3. The minimum Gasteiger partial charge on any atom is -0.319 e. The fraction of sp³-hybridized carbons (Fsp3) is 0.462. The Morgan fingerprint density at radius 3 is 2.22 bits per heavy atom. The minimum absolute atomic E-state index is 0.0643. The van der Waals surface area contributed by atoms with Crippen LogP contribution >= 0.6 is 0 Å². The van der Waals surface area contributed by atoms with E-state index in [4.69, 9.17) is 0 Å². The number of hydrogen-bond acceptors (Lipinski definition) is 2. The van der Waals surface area contributed by atoms with Crippen molar-refractivity contribution in [1.29, 1.82) is 0 Å². The Kier molecular flexibility index (Phi) is 3.19. The van der Waals surface area contributed by atoms with E-state index in [1.54, 1.807) is 7.05 Å². The third-order valence-electron chi connectivity index (χ3n) is 3.32. The smallest absolute Gasteiger partial charge is 0.319 e. The van der Waals surface area contributed by atoms with Crippen molar-refractivity contribution in [1.82, 2.24) is 5.32 Å². The minimum atomic E-state index is -4.36. The molecule has 0 unspecified atom stereocenters. The topological polar surface area (TPSA) is 29.1 Å². The lowest BCUT2D eigenvalue weighted by molar-refractivity contribution is -0.137. The molecule has 0 amide bonds. The zero-order chi connectivity index (χ0) is 13.4. The Balaban J connectivity index is 2.18. The van der Waals surface area contributed by atoms with Crippen molar-refractivity contribution in [2.75, 3.05) is 13.6 Å². The number of carbonyl (C=O) groups is 1. The first-order valence-corrected chi connectivity index (χ1v) is 5.76. The van der Waals surface area contributed by atoms with E-state index >= 15 is 0 Å². The molecule has 1 aliphatic carbocycles. The highest BCUT2D eigenvalue weighted by Crippen LogP contribution is 2.47. The molecule has 1 fully saturated rings. The van der Waals surface area contributed by atoms with E-state index < -0.39 is 17.2 Å². The van der Waals surface area contributed by atoms with E-state index in [2.05, 4.69) is 5.32 Å². The van der Waals surface area contributed by atoms with E-state index in [1.807, 2.05) is 0 Å². The Hall–Kier alpha value is -1.36. The summed E-state index contributed by atoms with van der Waals surface area (Å²) in [6.45, 7) is 0.576. The number of carbonyl (C=O) groups excluding carboxylic acids is 1. The van der Waals surface area contributed by atoms with Crippen LogP contribution in [0.25, 0.3) is 0 Å². The summed E-state index contributed by atoms with van der Waals surface area (Å²) in [5.41, 5.74) is -0.762. The SMILES string of the molecule is CNCC1(C(=O)c2ccc(C(F)(F)F)cc2)CC1. The first-order valence-electron chi connectivity index (χ1n) is 5.76. The highest BCUT2D eigenvalue weighted by atomic mass is 19.4. The molecule has 1 aromatic rings. The van der Waals surface area contributed by atoms with Crippen LogP contribution < -0.4 is 5.32 Å². The summed E-state index contributed by atoms with van der Waals surface area (Å²) in [4.78, 5) is 12.2. The van der Waals surface area contributed by atoms with Crippen LogP contribution in [0.2, 0.25) is 0 Å². The average Bonchev–Trinajstić information content (AvgIpc) is 3.09. The largest absolute Gasteiger partial charge is 0.416 e. The second kappa shape index (κ2) is 4.39. The summed E-state index contributed by atoms with van der Waals surface area (Å²) in [6.07, 6.45) is -2.76. The maximum Gasteiger partial charge on any atom is 0.416 e. The second-order valence-electron chi connectivity index (χ2n) is 4.71. The molecule has 1 saturated carbocycles. The number of halogens is 3. The lowest BCUT2D eigenvalue weighted by atomic mass is 9.94. The van der Waals surface area contributed by atoms with Gasteiger partial charge in [-0.2, -0.15) is 13.2 Å². The van der Waals surface area contributed by atoms with Crippen molar-refractivity contribution in [3.63, 3.8) is 0 Å². The van der Waals surface area contributed by atoms with E-state index in [1.165, 1.54) is 12.1 Å². The Morgan fingerprint density at radius 1 is 1.28 bits per heavy atom. The predicted molar refractivity (Wildman–Crippen MR) is 61.4 cm³/mol. The van der Waals surface area contributed by atoms with Gasteiger partial charge >= 0.3 is 6.18 Å². The van der Waals surface area contributed by atoms with Gasteiger partial charge in [0.15, 0.2) is 5.78 Å². The monoisotopic (exact) mass is 257 g/mol. The number of benzene rings is 1. The number of nitrogens with one attached hydrogen (secondary N) is 1. The van der Waals surface area contributed by atoms with Crippen LogP contribution in [0, 0.1) is 5.41 Å². The highest BCUT2D eigenvalue weighted by molar-refractivity contribution is 6.02. The molecule has 1 N–H and O–H groups in total. The number of Topliss-reactive ketones (excluding diaryl/α,β-unsaturated/α-hetero) is 1.